The molecule has 0 radical (unpaired) electrons. The van der Waals surface area contributed by atoms with Crippen molar-refractivity contribution in [2.75, 3.05) is 6.61 Å². The minimum absolute atomic E-state index is 0.0651. The summed E-state index contributed by atoms with van der Waals surface area (Å²) in [6, 6.07) is 7.67. The van der Waals surface area contributed by atoms with Crippen LogP contribution in [0.4, 0.5) is 0 Å². The molecule has 2 rings (SSSR count). The molecule has 0 aliphatic carbocycles. The highest BCUT2D eigenvalue weighted by atomic mass is 32.1. The van der Waals surface area contributed by atoms with Crippen LogP contribution in [0.2, 0.25) is 0 Å². The quantitative estimate of drug-likeness (QED) is 0.903. The van der Waals surface area contributed by atoms with Gasteiger partial charge in [-0.05, 0) is 25.0 Å². The normalized spacial score (nSPS) is 12.2. The van der Waals surface area contributed by atoms with Crippen LogP contribution in [0.25, 0.3) is 10.1 Å². The molecule has 3 nitrogen and oxygen atoms in total. The third kappa shape index (κ3) is 2.22. The predicted molar refractivity (Wildman–Crippen MR) is 76.2 cm³/mol. The van der Waals surface area contributed by atoms with Crippen molar-refractivity contribution in [1.82, 2.24) is 3.96 Å². The third-order valence-electron chi connectivity index (χ3n) is 3.87. The fraction of sp³-hybridized carbons (Fsp3) is 0.500. The zero-order valence-corrected chi connectivity index (χ0v) is 11.7. The van der Waals surface area contributed by atoms with Crippen LogP contribution in [0, 0.1) is 5.41 Å². The first-order chi connectivity index (χ1) is 8.65. The van der Waals surface area contributed by atoms with Gasteiger partial charge in [0.2, 0.25) is 0 Å². The van der Waals surface area contributed by atoms with E-state index in [1.807, 2.05) is 24.3 Å². The number of aromatic nitrogens is 1. The van der Waals surface area contributed by atoms with Crippen LogP contribution >= 0.6 is 11.5 Å². The molecule has 0 aliphatic rings. The Hall–Kier alpha value is -1.13. The Morgan fingerprint density at radius 2 is 1.94 bits per heavy atom. The standard InChI is InChI=1S/C14H19NO2S/c1-3-14(4-2,10-16)9-15-13(17)11-7-5-6-8-12(11)18-15/h5-8,16H,3-4,9-10H2,1-2H3. The van der Waals surface area contributed by atoms with Gasteiger partial charge < -0.3 is 5.11 Å². The molecular formula is C14H19NO2S. The topological polar surface area (TPSA) is 42.2 Å². The zero-order valence-electron chi connectivity index (χ0n) is 10.8. The molecule has 0 atom stereocenters. The number of aliphatic hydroxyl groups is 1. The lowest BCUT2D eigenvalue weighted by Crippen LogP contribution is -2.32. The van der Waals surface area contributed by atoms with E-state index in [1.54, 1.807) is 3.96 Å². The van der Waals surface area contributed by atoms with Crippen molar-refractivity contribution >= 4 is 21.6 Å². The first kappa shape index (κ1) is 13.3. The zero-order chi connectivity index (χ0) is 13.2. The van der Waals surface area contributed by atoms with E-state index in [0.717, 1.165) is 22.9 Å². The fourth-order valence-corrected chi connectivity index (χ4v) is 3.32. The summed E-state index contributed by atoms with van der Waals surface area (Å²) in [4.78, 5) is 12.2. The van der Waals surface area contributed by atoms with Crippen LogP contribution in [0.5, 0.6) is 0 Å². The van der Waals surface area contributed by atoms with Crippen LogP contribution in [0.15, 0.2) is 29.1 Å². The van der Waals surface area contributed by atoms with Crippen LogP contribution < -0.4 is 5.56 Å². The summed E-state index contributed by atoms with van der Waals surface area (Å²) in [7, 11) is 0. The van der Waals surface area contributed by atoms with E-state index in [1.165, 1.54) is 11.5 Å². The highest BCUT2D eigenvalue weighted by Gasteiger charge is 2.27. The van der Waals surface area contributed by atoms with Gasteiger partial charge in [-0.2, -0.15) is 0 Å². The van der Waals surface area contributed by atoms with E-state index < -0.39 is 0 Å². The first-order valence-electron chi connectivity index (χ1n) is 6.35. The lowest BCUT2D eigenvalue weighted by atomic mass is 9.83. The largest absolute Gasteiger partial charge is 0.396 e. The van der Waals surface area contributed by atoms with Crippen molar-refractivity contribution in [3.63, 3.8) is 0 Å². The molecular weight excluding hydrogens is 246 g/mol. The molecule has 0 saturated carbocycles. The molecule has 18 heavy (non-hydrogen) atoms. The molecule has 0 fully saturated rings. The van der Waals surface area contributed by atoms with E-state index >= 15 is 0 Å². The molecule has 1 aromatic heterocycles. The minimum Gasteiger partial charge on any atom is -0.396 e. The Morgan fingerprint density at radius 3 is 2.50 bits per heavy atom. The maximum absolute atomic E-state index is 12.2. The maximum Gasteiger partial charge on any atom is 0.268 e. The van der Waals surface area contributed by atoms with E-state index in [4.69, 9.17) is 0 Å². The number of hydrogen-bond donors (Lipinski definition) is 1. The van der Waals surface area contributed by atoms with Gasteiger partial charge in [-0.25, -0.2) is 0 Å². The highest BCUT2D eigenvalue weighted by molar-refractivity contribution is 7.13. The van der Waals surface area contributed by atoms with Crippen molar-refractivity contribution in [1.29, 1.82) is 0 Å². The van der Waals surface area contributed by atoms with Crippen molar-refractivity contribution in [3.05, 3.63) is 34.6 Å². The lowest BCUT2D eigenvalue weighted by molar-refractivity contribution is 0.0982. The van der Waals surface area contributed by atoms with Gasteiger partial charge >= 0.3 is 0 Å². The van der Waals surface area contributed by atoms with Gasteiger partial charge in [-0.3, -0.25) is 8.75 Å². The fourth-order valence-electron chi connectivity index (χ4n) is 2.17. The SMILES string of the molecule is CCC(CC)(CO)Cn1sc2ccccc2c1=O. The van der Waals surface area contributed by atoms with Gasteiger partial charge in [-0.15, -0.1) is 0 Å². The monoisotopic (exact) mass is 265 g/mol. The smallest absolute Gasteiger partial charge is 0.268 e. The molecule has 2 aromatic rings. The van der Waals surface area contributed by atoms with Crippen molar-refractivity contribution in [3.8, 4) is 0 Å². The van der Waals surface area contributed by atoms with Gasteiger partial charge in [-0.1, -0.05) is 37.5 Å². The van der Waals surface area contributed by atoms with Crippen molar-refractivity contribution in [2.24, 2.45) is 5.41 Å². The van der Waals surface area contributed by atoms with E-state index in [2.05, 4.69) is 13.8 Å². The molecule has 98 valence electrons. The molecule has 0 aliphatic heterocycles. The van der Waals surface area contributed by atoms with E-state index in [9.17, 15) is 9.90 Å². The molecule has 0 spiro atoms. The molecule has 0 unspecified atom stereocenters. The second-order valence-corrected chi connectivity index (χ2v) is 5.86. The summed E-state index contributed by atoms with van der Waals surface area (Å²) in [5, 5.41) is 10.4. The first-order valence-corrected chi connectivity index (χ1v) is 7.13. The molecule has 1 heterocycles. The average molecular weight is 265 g/mol. The Labute approximate surface area is 111 Å². The molecule has 1 N–H and O–H groups in total. The van der Waals surface area contributed by atoms with Crippen LogP contribution in [0.1, 0.15) is 26.7 Å². The summed E-state index contributed by atoms with van der Waals surface area (Å²) < 4.78 is 2.80. The summed E-state index contributed by atoms with van der Waals surface area (Å²) >= 11 is 1.49. The second-order valence-electron chi connectivity index (χ2n) is 4.79. The molecule has 0 amide bonds. The summed E-state index contributed by atoms with van der Waals surface area (Å²) in [6.07, 6.45) is 1.75. The predicted octanol–water partition coefficient (Wildman–Crippen LogP) is 2.86. The van der Waals surface area contributed by atoms with Gasteiger partial charge in [0.05, 0.1) is 16.7 Å². The third-order valence-corrected chi connectivity index (χ3v) is 4.93. The average Bonchev–Trinajstić information content (AvgIpc) is 2.73. The Balaban J connectivity index is 2.43. The number of rotatable bonds is 5. The molecule has 1 aromatic carbocycles. The number of aliphatic hydroxyl groups excluding tert-OH is 1. The van der Waals surface area contributed by atoms with E-state index in [0.29, 0.717) is 6.54 Å². The number of nitrogens with zero attached hydrogens (tertiary/aromatic N) is 1. The molecule has 4 heteroatoms. The summed E-state index contributed by atoms with van der Waals surface area (Å²) in [6.45, 7) is 4.87. The molecule has 0 saturated heterocycles. The van der Waals surface area contributed by atoms with E-state index in [-0.39, 0.29) is 17.6 Å². The van der Waals surface area contributed by atoms with Gasteiger partial charge in [0, 0.05) is 12.0 Å². The highest BCUT2D eigenvalue weighted by Crippen LogP contribution is 2.29. The Kier molecular flexibility index (Phi) is 3.88. The van der Waals surface area contributed by atoms with Crippen molar-refractivity contribution < 1.29 is 5.11 Å². The molecule has 0 bridgehead atoms. The Bertz CT molecular complexity index is 572. The number of fused-ring (bicyclic) bond motifs is 1. The minimum atomic E-state index is -0.176. The summed E-state index contributed by atoms with van der Waals surface area (Å²) in [5.41, 5.74) is -0.111. The van der Waals surface area contributed by atoms with Crippen LogP contribution in [-0.2, 0) is 6.54 Å². The van der Waals surface area contributed by atoms with Crippen LogP contribution in [-0.4, -0.2) is 15.7 Å². The van der Waals surface area contributed by atoms with Crippen LogP contribution in [0.3, 0.4) is 0 Å². The number of hydrogen-bond acceptors (Lipinski definition) is 3. The number of benzene rings is 1. The van der Waals surface area contributed by atoms with Gasteiger partial charge in [0.1, 0.15) is 0 Å². The van der Waals surface area contributed by atoms with Crippen molar-refractivity contribution in [2.45, 2.75) is 33.2 Å². The second kappa shape index (κ2) is 5.24. The Morgan fingerprint density at radius 1 is 1.28 bits per heavy atom. The van der Waals surface area contributed by atoms with Gasteiger partial charge in [0.15, 0.2) is 0 Å². The summed E-state index contributed by atoms with van der Waals surface area (Å²) in [5.74, 6) is 0. The lowest BCUT2D eigenvalue weighted by Gasteiger charge is -2.28. The van der Waals surface area contributed by atoms with Gasteiger partial charge in [0.25, 0.3) is 5.56 Å². The maximum atomic E-state index is 12.2.